The van der Waals surface area contributed by atoms with Gasteiger partial charge in [0.1, 0.15) is 22.3 Å². The second-order valence-corrected chi connectivity index (χ2v) is 36.4. The maximum atomic E-state index is 7.80. The van der Waals surface area contributed by atoms with Gasteiger partial charge in [0, 0.05) is 109 Å². The van der Waals surface area contributed by atoms with E-state index in [-0.39, 0.29) is 10.8 Å². The minimum Gasteiger partial charge on any atom is -0.455 e. The fourth-order valence-electron chi connectivity index (χ4n) is 22.0. The van der Waals surface area contributed by atoms with Crippen molar-refractivity contribution in [3.63, 3.8) is 0 Å². The molecular weight excluding hydrogens is 1500 g/mol. The van der Waals surface area contributed by atoms with Crippen LogP contribution in [-0.4, -0.2) is 8.80 Å². The van der Waals surface area contributed by atoms with Crippen molar-refractivity contribution in [1.29, 1.82) is 0 Å². The topological polar surface area (TPSA) is 35.1 Å². The van der Waals surface area contributed by atoms with Crippen molar-refractivity contribution in [2.45, 2.75) is 52.4 Å². The summed E-state index contributed by atoms with van der Waals surface area (Å²) in [5.41, 5.74) is 33.7. The molecule has 26 aromatic rings. The summed E-state index contributed by atoms with van der Waals surface area (Å²) in [7, 11) is 0. The molecule has 0 unspecified atom stereocenters. The number of nitrogens with zero attached hydrogens (tertiary/aromatic N) is 2. The predicted molar refractivity (Wildman–Crippen MR) is 527 cm³/mol. The van der Waals surface area contributed by atoms with E-state index in [1.165, 1.54) is 170 Å². The highest BCUT2D eigenvalue weighted by Crippen LogP contribution is 2.57. The number of aromatic nitrogens is 2. The number of benzene rings is 20. The fourth-order valence-corrected chi connectivity index (χ4v) is 22.0. The Balaban J connectivity index is 0.685. The maximum Gasteiger partial charge on any atom is 0.143 e. The highest BCUT2D eigenvalue weighted by Gasteiger charge is 2.33. The van der Waals surface area contributed by atoms with E-state index in [1.54, 1.807) is 0 Å². The molecule has 0 bridgehead atoms. The van der Waals surface area contributed by atoms with Crippen molar-refractivity contribution in [1.82, 2.24) is 8.80 Å². The largest absolute Gasteiger partial charge is 0.455 e. The molecular formula is C120H80N2O2. The fraction of sp³-hybridized carbons (Fsp3) is 0.0667. The number of fused-ring (bicyclic) bond motifs is 22. The van der Waals surface area contributed by atoms with E-state index in [0.717, 1.165) is 105 Å². The first-order chi connectivity index (χ1) is 60.8. The van der Waals surface area contributed by atoms with Crippen molar-refractivity contribution in [3.05, 3.63) is 387 Å². The van der Waals surface area contributed by atoms with Crippen molar-refractivity contribution >= 4 is 163 Å². The van der Waals surface area contributed by atoms with E-state index >= 15 is 0 Å². The van der Waals surface area contributed by atoms with Gasteiger partial charge >= 0.3 is 0 Å². The summed E-state index contributed by atoms with van der Waals surface area (Å²) in [6.45, 7) is 13.8. The number of hydrogen-bond acceptors (Lipinski definition) is 2. The van der Waals surface area contributed by atoms with Gasteiger partial charge in [-0.2, -0.15) is 0 Å². The SMILES string of the molecule is CC(C)(C)c1cccc2c1oc1c(-c3c4ccccc4cc4c3c3cccc5c6c(-c7ccc(-c8cccc(-c9ccc(-c%10ccccc%10)c(-c%10c%11ccccc%11cc%11c%10c%10cccc%12c%13c(-c%14cc(-c%15ccccc%15)ccc%14-c%14ccccc%14)c%14ccccc%14cc%13n%11c%12%10)c9)c8)c8c7oc7c(C(C)(C)C)cccc78)c7ccccc7cc6n4c35)cccc12. The van der Waals surface area contributed by atoms with Crippen LogP contribution in [0, 0.1) is 0 Å². The molecule has 0 radical (unpaired) electrons. The van der Waals surface area contributed by atoms with Gasteiger partial charge in [0.15, 0.2) is 0 Å². The van der Waals surface area contributed by atoms with Gasteiger partial charge in [-0.05, 0) is 169 Å². The van der Waals surface area contributed by atoms with Crippen LogP contribution in [0.5, 0.6) is 0 Å². The van der Waals surface area contributed by atoms with Crippen LogP contribution in [-0.2, 0) is 10.8 Å². The average molecular weight is 1580 g/mol. The van der Waals surface area contributed by atoms with Crippen LogP contribution in [0.15, 0.2) is 385 Å². The second kappa shape index (κ2) is 26.1. The molecule has 0 fully saturated rings. The molecule has 0 aliphatic heterocycles. The van der Waals surface area contributed by atoms with Gasteiger partial charge in [-0.15, -0.1) is 0 Å². The Morgan fingerprint density at radius 3 is 0.952 bits per heavy atom. The molecule has 582 valence electrons. The molecule has 0 saturated carbocycles. The lowest BCUT2D eigenvalue weighted by atomic mass is 9.85. The summed E-state index contributed by atoms with van der Waals surface area (Å²) in [6.07, 6.45) is 0. The van der Waals surface area contributed by atoms with Crippen LogP contribution >= 0.6 is 0 Å². The second-order valence-electron chi connectivity index (χ2n) is 36.4. The normalized spacial score (nSPS) is 12.6. The lowest BCUT2D eigenvalue weighted by Gasteiger charge is -2.18. The molecule has 0 saturated heterocycles. The van der Waals surface area contributed by atoms with Gasteiger partial charge in [-0.1, -0.05) is 369 Å². The first-order valence-corrected chi connectivity index (χ1v) is 43.4. The highest BCUT2D eigenvalue weighted by molar-refractivity contribution is 6.37. The number of rotatable bonds is 9. The Morgan fingerprint density at radius 1 is 0.185 bits per heavy atom. The average Bonchev–Trinajstić information content (AvgIpc) is 1.52. The van der Waals surface area contributed by atoms with Gasteiger partial charge in [-0.25, -0.2) is 0 Å². The molecule has 6 aromatic heterocycles. The van der Waals surface area contributed by atoms with Crippen LogP contribution in [0.25, 0.3) is 263 Å². The third-order valence-electron chi connectivity index (χ3n) is 27.4. The van der Waals surface area contributed by atoms with E-state index in [0.29, 0.717) is 0 Å². The van der Waals surface area contributed by atoms with Crippen molar-refractivity contribution in [2.24, 2.45) is 0 Å². The molecule has 124 heavy (non-hydrogen) atoms. The quantitative estimate of drug-likeness (QED) is 0.144. The molecule has 20 aromatic carbocycles. The predicted octanol–water partition coefficient (Wildman–Crippen LogP) is 34.0. The first kappa shape index (κ1) is 70.5. The number of para-hydroxylation sites is 5. The van der Waals surface area contributed by atoms with Gasteiger partial charge in [0.05, 0.1) is 33.1 Å². The molecule has 0 N–H and O–H groups in total. The van der Waals surface area contributed by atoms with Crippen molar-refractivity contribution in [2.75, 3.05) is 0 Å². The summed E-state index contributed by atoms with van der Waals surface area (Å²) < 4.78 is 20.3. The van der Waals surface area contributed by atoms with Crippen molar-refractivity contribution in [3.8, 4) is 100 Å². The Labute approximate surface area is 715 Å². The molecule has 6 heterocycles. The van der Waals surface area contributed by atoms with E-state index in [1.807, 2.05) is 0 Å². The monoisotopic (exact) mass is 1580 g/mol. The minimum atomic E-state index is -0.234. The summed E-state index contributed by atoms with van der Waals surface area (Å²) >= 11 is 0. The van der Waals surface area contributed by atoms with Crippen LogP contribution in [0.2, 0.25) is 0 Å². The summed E-state index contributed by atoms with van der Waals surface area (Å²) in [5, 5.41) is 23.7. The Bertz CT molecular complexity index is 9050. The van der Waals surface area contributed by atoms with Crippen LogP contribution in [0.1, 0.15) is 52.7 Å². The van der Waals surface area contributed by atoms with Crippen molar-refractivity contribution < 1.29 is 8.83 Å². The summed E-state index contributed by atoms with van der Waals surface area (Å²) in [5.74, 6) is 0. The molecule has 0 amide bonds. The Kier molecular flexibility index (Phi) is 14.8. The van der Waals surface area contributed by atoms with E-state index in [4.69, 9.17) is 8.83 Å². The van der Waals surface area contributed by atoms with E-state index in [9.17, 15) is 0 Å². The third-order valence-corrected chi connectivity index (χ3v) is 27.4. The van der Waals surface area contributed by atoms with Gasteiger partial charge in [-0.3, -0.25) is 0 Å². The molecule has 0 spiro atoms. The Morgan fingerprint density at radius 2 is 0.492 bits per heavy atom. The molecule has 26 rings (SSSR count). The molecule has 0 aliphatic carbocycles. The van der Waals surface area contributed by atoms with Crippen LogP contribution in [0.4, 0.5) is 0 Å². The lowest BCUT2D eigenvalue weighted by molar-refractivity contribution is 0.572. The zero-order valence-corrected chi connectivity index (χ0v) is 69.5. The summed E-state index contributed by atoms with van der Waals surface area (Å²) in [6, 6.07) is 141. The molecule has 0 aliphatic rings. The molecule has 4 heteroatoms. The highest BCUT2D eigenvalue weighted by atomic mass is 16.3. The Hall–Kier alpha value is -15.4. The summed E-state index contributed by atoms with van der Waals surface area (Å²) in [4.78, 5) is 0. The lowest BCUT2D eigenvalue weighted by Crippen LogP contribution is -2.10. The maximum absolute atomic E-state index is 7.80. The van der Waals surface area contributed by atoms with Crippen LogP contribution in [0.3, 0.4) is 0 Å². The van der Waals surface area contributed by atoms with Gasteiger partial charge in [0.2, 0.25) is 0 Å². The smallest absolute Gasteiger partial charge is 0.143 e. The third kappa shape index (κ3) is 10.1. The number of furan rings is 2. The zero-order valence-electron chi connectivity index (χ0n) is 69.5. The molecule has 4 nitrogen and oxygen atoms in total. The standard InChI is InChI=1S/C120H80N2O2/c1-119(2,3)98-54-28-47-88-87-46-25-52-93(115(87)123-116(88)98)104-82-42-20-16-36-76(82)65-100-109(104)89-48-26-49-90-110-101(121(100)113(89)90)66-77-37-17-21-43-83(77)105(110)95-61-60-86(108-94-53-29-55-99(120(4,5)6)117(94)124-118(95)108)75-41-24-40-72(62-75)74-57-59-81(71-34-14-9-15-35-71)97(64-74)107-85-45-23-19-39-79(85)68-103-112(107)92-51-27-50-91-111-102(122(103)114(91)92)67-78-38-18-22-44-84(78)106(111)96-63-73(69-30-10-7-11-31-69)56-58-80(96)70-32-12-8-13-33-70/h7-68H,1-6H3. The minimum absolute atomic E-state index is 0.119. The first-order valence-electron chi connectivity index (χ1n) is 43.4. The molecule has 0 atom stereocenters. The van der Waals surface area contributed by atoms with E-state index in [2.05, 4.69) is 426 Å². The van der Waals surface area contributed by atoms with Crippen LogP contribution < -0.4 is 0 Å². The number of hydrogen-bond donors (Lipinski definition) is 0. The zero-order chi connectivity index (χ0) is 82.3. The van der Waals surface area contributed by atoms with Gasteiger partial charge < -0.3 is 17.6 Å². The van der Waals surface area contributed by atoms with Gasteiger partial charge in [0.25, 0.3) is 0 Å². The van der Waals surface area contributed by atoms with E-state index < -0.39 is 0 Å².